The van der Waals surface area contributed by atoms with Gasteiger partial charge < -0.3 is 14.6 Å². The average molecular weight is 358 g/mol. The van der Waals surface area contributed by atoms with Crippen LogP contribution in [-0.2, 0) is 24.9 Å². The highest BCUT2D eigenvalue weighted by Gasteiger charge is 2.26. The van der Waals surface area contributed by atoms with Crippen LogP contribution in [0.5, 0.6) is 0 Å². The van der Waals surface area contributed by atoms with Crippen molar-refractivity contribution >= 4 is 5.91 Å². The van der Waals surface area contributed by atoms with Crippen LogP contribution in [-0.4, -0.2) is 66.3 Å². The van der Waals surface area contributed by atoms with E-state index in [9.17, 15) is 9.90 Å². The Hall–Kier alpha value is -2.19. The van der Waals surface area contributed by atoms with Crippen molar-refractivity contribution in [1.29, 1.82) is 0 Å². The highest BCUT2D eigenvalue weighted by Crippen LogP contribution is 2.22. The molecule has 0 aliphatic carbocycles. The third-order valence-corrected chi connectivity index (χ3v) is 5.35. The Morgan fingerprint density at radius 3 is 2.77 bits per heavy atom. The van der Waals surface area contributed by atoms with E-state index in [1.165, 1.54) is 6.42 Å². The van der Waals surface area contributed by atoms with Crippen molar-refractivity contribution in [3.8, 4) is 0 Å². The first-order valence-electron chi connectivity index (χ1n) is 9.34. The van der Waals surface area contributed by atoms with Crippen molar-refractivity contribution in [2.24, 2.45) is 7.05 Å². The summed E-state index contributed by atoms with van der Waals surface area (Å²) in [4.78, 5) is 20.9. The molecule has 1 saturated heterocycles. The van der Waals surface area contributed by atoms with E-state index in [0.29, 0.717) is 24.6 Å². The van der Waals surface area contributed by atoms with Crippen LogP contribution in [0.15, 0.2) is 18.5 Å². The van der Waals surface area contributed by atoms with Crippen molar-refractivity contribution in [3.05, 3.63) is 35.7 Å². The molecule has 140 valence electrons. The van der Waals surface area contributed by atoms with Crippen LogP contribution in [0.1, 0.15) is 42.6 Å². The van der Waals surface area contributed by atoms with Crippen LogP contribution in [0.3, 0.4) is 0 Å². The summed E-state index contributed by atoms with van der Waals surface area (Å²) in [6, 6.07) is 1.93. The number of imidazole rings is 1. The predicted octanol–water partition coefficient (Wildman–Crippen LogP) is 0.526. The normalized spacial score (nSPS) is 19.4. The monoisotopic (exact) mass is 358 g/mol. The van der Waals surface area contributed by atoms with E-state index in [4.69, 9.17) is 0 Å². The first-order valence-corrected chi connectivity index (χ1v) is 9.34. The van der Waals surface area contributed by atoms with Crippen LogP contribution in [0, 0.1) is 0 Å². The van der Waals surface area contributed by atoms with Gasteiger partial charge in [0, 0.05) is 45.6 Å². The van der Waals surface area contributed by atoms with Gasteiger partial charge in [0.05, 0.1) is 24.5 Å². The lowest BCUT2D eigenvalue weighted by Crippen LogP contribution is -2.44. The molecular weight excluding hydrogens is 332 g/mol. The molecule has 4 rings (SSSR count). The maximum atomic E-state index is 12.5. The van der Waals surface area contributed by atoms with E-state index in [1.807, 2.05) is 28.9 Å². The number of nitrogens with zero attached hydrogens (tertiary/aromatic N) is 6. The Bertz CT molecular complexity index is 776. The number of rotatable bonds is 4. The number of likely N-dealkylation sites (tertiary alicyclic amines) is 1. The zero-order valence-electron chi connectivity index (χ0n) is 15.2. The molecule has 1 fully saturated rings. The van der Waals surface area contributed by atoms with Gasteiger partial charge in [-0.3, -0.25) is 14.4 Å². The van der Waals surface area contributed by atoms with E-state index in [2.05, 4.69) is 15.0 Å². The Balaban J connectivity index is 1.42. The largest absolute Gasteiger partial charge is 0.379 e. The number of aliphatic hydroxyl groups is 1. The number of aliphatic hydroxyl groups excluding tert-OH is 1. The number of aryl methyl sites for hydroxylation is 1. The maximum absolute atomic E-state index is 12.5. The number of hydrogen-bond acceptors (Lipinski definition) is 5. The smallest absolute Gasteiger partial charge is 0.236 e. The Kier molecular flexibility index (Phi) is 4.78. The lowest BCUT2D eigenvalue weighted by Gasteiger charge is -2.31. The standard InChI is InChI=1S/C18H26N6O2/c1-21-8-5-19-18(21)17(26)15-11-14-12-22(9-10-24(14)20-15)13-16(25)23-6-3-2-4-7-23/h5,8,11,17,26H,2-4,6-7,9-10,12-13H2,1H3/t17-/m1/s1. The zero-order valence-corrected chi connectivity index (χ0v) is 15.2. The second-order valence-corrected chi connectivity index (χ2v) is 7.23. The van der Waals surface area contributed by atoms with Crippen LogP contribution in [0.25, 0.3) is 0 Å². The van der Waals surface area contributed by atoms with Crippen LogP contribution >= 0.6 is 0 Å². The fourth-order valence-corrected chi connectivity index (χ4v) is 3.82. The molecule has 2 aliphatic rings. The minimum Gasteiger partial charge on any atom is -0.379 e. The molecule has 0 spiro atoms. The van der Waals surface area contributed by atoms with E-state index in [0.717, 1.165) is 44.7 Å². The number of hydrogen-bond donors (Lipinski definition) is 1. The second-order valence-electron chi connectivity index (χ2n) is 7.23. The molecule has 0 radical (unpaired) electrons. The summed E-state index contributed by atoms with van der Waals surface area (Å²) in [6.45, 7) is 4.46. The summed E-state index contributed by atoms with van der Waals surface area (Å²) in [5.41, 5.74) is 1.64. The molecule has 8 nitrogen and oxygen atoms in total. The second kappa shape index (κ2) is 7.20. The van der Waals surface area contributed by atoms with Gasteiger partial charge in [-0.1, -0.05) is 0 Å². The fraction of sp³-hybridized carbons (Fsp3) is 0.611. The Morgan fingerprint density at radius 1 is 1.23 bits per heavy atom. The minimum absolute atomic E-state index is 0.228. The molecule has 26 heavy (non-hydrogen) atoms. The van der Waals surface area contributed by atoms with E-state index in [1.54, 1.807) is 10.8 Å². The fourth-order valence-electron chi connectivity index (χ4n) is 3.82. The minimum atomic E-state index is -0.837. The average Bonchev–Trinajstić information content (AvgIpc) is 3.27. The van der Waals surface area contributed by atoms with Crippen LogP contribution in [0.2, 0.25) is 0 Å². The molecule has 2 aromatic heterocycles. The van der Waals surface area contributed by atoms with Crippen LogP contribution < -0.4 is 0 Å². The van der Waals surface area contributed by atoms with E-state index < -0.39 is 6.10 Å². The topological polar surface area (TPSA) is 79.4 Å². The van der Waals surface area contributed by atoms with Crippen molar-refractivity contribution in [1.82, 2.24) is 29.1 Å². The number of carbonyl (C=O) groups excluding carboxylic acids is 1. The van der Waals surface area contributed by atoms with Crippen molar-refractivity contribution in [3.63, 3.8) is 0 Å². The molecule has 1 amide bonds. The lowest BCUT2D eigenvalue weighted by molar-refractivity contribution is -0.133. The molecule has 4 heterocycles. The van der Waals surface area contributed by atoms with E-state index in [-0.39, 0.29) is 5.91 Å². The van der Waals surface area contributed by atoms with E-state index >= 15 is 0 Å². The summed E-state index contributed by atoms with van der Waals surface area (Å²) in [7, 11) is 1.86. The third kappa shape index (κ3) is 3.39. The van der Waals surface area contributed by atoms with Crippen LogP contribution in [0.4, 0.5) is 0 Å². The number of amides is 1. The Morgan fingerprint density at radius 2 is 2.04 bits per heavy atom. The van der Waals surface area contributed by atoms with Gasteiger partial charge in [0.15, 0.2) is 6.10 Å². The van der Waals surface area contributed by atoms with Crippen molar-refractivity contribution in [2.75, 3.05) is 26.2 Å². The van der Waals surface area contributed by atoms with Gasteiger partial charge in [0.25, 0.3) is 0 Å². The van der Waals surface area contributed by atoms with Gasteiger partial charge in [0.1, 0.15) is 5.82 Å². The SMILES string of the molecule is Cn1ccnc1[C@H](O)c1cc2n(n1)CCN(CC(=O)N1CCCCC1)C2. The quantitative estimate of drug-likeness (QED) is 0.862. The molecule has 0 saturated carbocycles. The maximum Gasteiger partial charge on any atom is 0.236 e. The first kappa shape index (κ1) is 17.2. The summed E-state index contributed by atoms with van der Waals surface area (Å²) in [5, 5.41) is 15.1. The molecule has 0 bridgehead atoms. The van der Waals surface area contributed by atoms with Crippen molar-refractivity contribution < 1.29 is 9.90 Å². The Labute approximate surface area is 153 Å². The molecular formula is C18H26N6O2. The number of fused-ring (bicyclic) bond motifs is 1. The molecule has 0 aromatic carbocycles. The summed E-state index contributed by atoms with van der Waals surface area (Å²) < 4.78 is 3.73. The van der Waals surface area contributed by atoms with Gasteiger partial charge >= 0.3 is 0 Å². The molecule has 2 aromatic rings. The van der Waals surface area contributed by atoms with Gasteiger partial charge in [-0.05, 0) is 25.3 Å². The summed E-state index contributed by atoms with van der Waals surface area (Å²) >= 11 is 0. The lowest BCUT2D eigenvalue weighted by atomic mass is 10.1. The zero-order chi connectivity index (χ0) is 18.1. The van der Waals surface area contributed by atoms with Gasteiger partial charge in [0.2, 0.25) is 5.91 Å². The summed E-state index contributed by atoms with van der Waals surface area (Å²) in [5.74, 6) is 0.809. The molecule has 8 heteroatoms. The summed E-state index contributed by atoms with van der Waals surface area (Å²) in [6.07, 6.45) is 6.11. The number of aromatic nitrogens is 4. The van der Waals surface area contributed by atoms with Crippen molar-refractivity contribution in [2.45, 2.75) is 38.5 Å². The number of piperidine rings is 1. The number of carbonyl (C=O) groups is 1. The molecule has 0 unspecified atom stereocenters. The molecule has 1 atom stereocenters. The third-order valence-electron chi connectivity index (χ3n) is 5.35. The van der Waals surface area contributed by atoms with Gasteiger partial charge in [-0.25, -0.2) is 4.98 Å². The highest BCUT2D eigenvalue weighted by atomic mass is 16.3. The molecule has 2 aliphatic heterocycles. The van der Waals surface area contributed by atoms with Gasteiger partial charge in [-0.15, -0.1) is 0 Å². The molecule has 1 N–H and O–H groups in total. The highest BCUT2D eigenvalue weighted by molar-refractivity contribution is 5.78. The van der Waals surface area contributed by atoms with Gasteiger partial charge in [-0.2, -0.15) is 5.10 Å². The predicted molar refractivity (Wildman–Crippen MR) is 95.2 cm³/mol. The first-order chi connectivity index (χ1) is 12.6.